The first-order valence-electron chi connectivity index (χ1n) is 22.8. The molecule has 0 saturated heterocycles. The van der Waals surface area contributed by atoms with Crippen LogP contribution in [0.2, 0.25) is 5.02 Å². The number of nitrogens with one attached hydrogen (secondary N) is 2. The van der Waals surface area contributed by atoms with Gasteiger partial charge in [-0.2, -0.15) is 19.6 Å². The van der Waals surface area contributed by atoms with Crippen molar-refractivity contribution in [2.45, 2.75) is 10.3 Å². The van der Waals surface area contributed by atoms with Gasteiger partial charge in [-0.3, -0.25) is 9.59 Å². The van der Waals surface area contributed by atoms with E-state index >= 15 is 0 Å². The molecule has 9 aromatic carbocycles. The number of fused-ring (bicyclic) bond motifs is 4. The number of carbonyl (C=O) groups excluding carboxylic acids is 1. The number of carbonyl (C=O) groups is 2. The summed E-state index contributed by atoms with van der Waals surface area (Å²) in [6, 6.07) is 63.0. The number of aromatic amines is 1. The Morgan fingerprint density at radius 2 is 1.03 bits per heavy atom. The number of aliphatic imine (C=N–C) groups is 1. The fourth-order valence-electron chi connectivity index (χ4n) is 7.74. The largest absolute Gasteiger partial charge is 0.481 e. The third-order valence-electron chi connectivity index (χ3n) is 11.1. The molecule has 374 valence electrons. The topological polar surface area (TPSA) is 212 Å². The van der Waals surface area contributed by atoms with E-state index in [4.69, 9.17) is 28.9 Å². The number of halogens is 1. The minimum Gasteiger partial charge on any atom is -0.481 e. The second kappa shape index (κ2) is 25.4. The minimum atomic E-state index is -0.900. The zero-order valence-corrected chi connectivity index (χ0v) is 43.6. The lowest BCUT2D eigenvalue weighted by Gasteiger charge is -2.09. The molecule has 76 heavy (non-hydrogen) atoms. The minimum absolute atomic E-state index is 0.0782. The van der Waals surface area contributed by atoms with Crippen molar-refractivity contribution in [3.8, 4) is 17.1 Å². The lowest BCUT2D eigenvalue weighted by Crippen LogP contribution is -2.15. The van der Waals surface area contributed by atoms with Crippen molar-refractivity contribution in [1.29, 1.82) is 0 Å². The van der Waals surface area contributed by atoms with Crippen LogP contribution in [0.15, 0.2) is 209 Å². The van der Waals surface area contributed by atoms with Gasteiger partial charge < -0.3 is 10.4 Å². The number of H-pyrrole nitrogens is 1. The predicted molar refractivity (Wildman–Crippen MR) is 305 cm³/mol. The maximum Gasteiger partial charge on any atom is 0.313 e. The first-order valence-corrected chi connectivity index (χ1v) is 26.0. The van der Waals surface area contributed by atoms with Crippen molar-refractivity contribution in [2.24, 2.45) is 4.99 Å². The van der Waals surface area contributed by atoms with E-state index in [0.717, 1.165) is 72.2 Å². The van der Waals surface area contributed by atoms with Crippen LogP contribution >= 0.6 is 59.6 Å². The Morgan fingerprint density at radius 3 is 1.54 bits per heavy atom. The summed E-state index contributed by atoms with van der Waals surface area (Å²) in [5.41, 5.74) is 4.13. The van der Waals surface area contributed by atoms with Crippen LogP contribution in [0.25, 0.3) is 60.2 Å². The monoisotopic (exact) mass is 1090 g/mol. The SMILES string of the molecule is O=C(CSc1nnnn1-c1cccc2ccccc12)Nc1ccccc1Cl.O=C(O)CSc1nnnn1-c1cccc2ccccc12.S=C=Nc1cccc2ccccc12.S=c1nn[nH]n1-c1cccc2ccccc12. The van der Waals surface area contributed by atoms with Crippen LogP contribution in [0.1, 0.15) is 0 Å². The Bertz CT molecular complexity index is 4080. The maximum atomic E-state index is 12.3. The first-order chi connectivity index (χ1) is 37.2. The standard InChI is InChI=1S/C19H14ClN5OS.C13H10N4O2S.C11H8N4S.C11H7NS/c20-15-9-3-4-10-16(15)21-18(26)12-27-19-22-23-24-25(19)17-11-5-7-13-6-1-2-8-14(13)17;18-12(19)8-20-13-14-15-16-17(13)11-7-3-5-9-4-1-2-6-10(9)11;16-11-12-13-14-15(11)10-7-3-5-8-4-1-2-6-9(8)10;13-8-12-11-7-3-5-9-4-1-2-6-10(9)11/h1-11H,12H2,(H,21,26);1-7H,8H2,(H,18,19);1-7H,(H,12,14,16);1-7H. The molecule has 0 saturated carbocycles. The van der Waals surface area contributed by atoms with E-state index in [0.29, 0.717) is 25.8 Å². The molecule has 0 aliphatic heterocycles. The molecule has 0 aliphatic rings. The molecule has 12 rings (SSSR count). The zero-order valence-electron chi connectivity index (χ0n) is 39.5. The quantitative estimate of drug-likeness (QED) is 0.0624. The van der Waals surface area contributed by atoms with Gasteiger partial charge in [0.1, 0.15) is 0 Å². The number of tetrazole rings is 3. The van der Waals surface area contributed by atoms with Crippen molar-refractivity contribution in [2.75, 3.05) is 16.8 Å². The summed E-state index contributed by atoms with van der Waals surface area (Å²) in [6.45, 7) is 0. The highest BCUT2D eigenvalue weighted by Crippen LogP contribution is 2.29. The number of benzene rings is 9. The van der Waals surface area contributed by atoms with Crippen molar-refractivity contribution >= 4 is 131 Å². The van der Waals surface area contributed by atoms with E-state index < -0.39 is 5.97 Å². The molecule has 0 aliphatic carbocycles. The van der Waals surface area contributed by atoms with E-state index in [-0.39, 0.29) is 17.4 Å². The lowest BCUT2D eigenvalue weighted by atomic mass is 10.1. The Kier molecular flexibility index (Phi) is 17.4. The maximum absolute atomic E-state index is 12.3. The summed E-state index contributed by atoms with van der Waals surface area (Å²) in [6.07, 6.45) is 0. The van der Waals surface area contributed by atoms with Crippen molar-refractivity contribution in [3.63, 3.8) is 0 Å². The molecule has 0 fully saturated rings. The van der Waals surface area contributed by atoms with E-state index in [2.05, 4.69) is 98.5 Å². The van der Waals surface area contributed by atoms with Gasteiger partial charge in [0.15, 0.2) is 0 Å². The van der Waals surface area contributed by atoms with E-state index in [1.165, 1.54) is 17.1 Å². The normalized spacial score (nSPS) is 10.6. The highest BCUT2D eigenvalue weighted by molar-refractivity contribution is 8.00. The number of thiocarbonyl (C=S) groups is 1. The van der Waals surface area contributed by atoms with Gasteiger partial charge in [-0.15, -0.1) is 10.2 Å². The molecule has 3 N–H and O–H groups in total. The number of aromatic nitrogens is 12. The van der Waals surface area contributed by atoms with Crippen molar-refractivity contribution in [1.82, 2.24) is 60.6 Å². The van der Waals surface area contributed by atoms with E-state index in [9.17, 15) is 9.59 Å². The summed E-state index contributed by atoms with van der Waals surface area (Å²) >= 11 is 18.1. The average Bonchev–Trinajstić information content (AvgIpc) is 4.26. The number of carboxylic acids is 1. The van der Waals surface area contributed by atoms with Crippen molar-refractivity contribution in [3.05, 3.63) is 204 Å². The van der Waals surface area contributed by atoms with Crippen LogP contribution in [-0.2, 0) is 9.59 Å². The first kappa shape index (κ1) is 52.1. The van der Waals surface area contributed by atoms with Gasteiger partial charge in [-0.05, 0) is 103 Å². The van der Waals surface area contributed by atoms with E-state index in [1.807, 2.05) is 158 Å². The molecule has 3 heterocycles. The van der Waals surface area contributed by atoms with Crippen LogP contribution in [0.5, 0.6) is 0 Å². The molecular formula is C54H39ClN14O3S4. The molecule has 1 amide bonds. The predicted octanol–water partition coefficient (Wildman–Crippen LogP) is 12.2. The van der Waals surface area contributed by atoms with Gasteiger partial charge >= 0.3 is 5.97 Å². The number of carboxylic acid groups (broad SMARTS) is 1. The summed E-state index contributed by atoms with van der Waals surface area (Å²) < 4.78 is 5.33. The number of amides is 1. The van der Waals surface area contributed by atoms with Crippen LogP contribution in [0.4, 0.5) is 11.4 Å². The molecule has 3 aromatic heterocycles. The number of nitrogens with zero attached hydrogens (tertiary/aromatic N) is 12. The molecule has 0 spiro atoms. The van der Waals surface area contributed by atoms with Crippen LogP contribution in [-0.4, -0.2) is 94.3 Å². The van der Waals surface area contributed by atoms with E-state index in [1.54, 1.807) is 26.2 Å². The van der Waals surface area contributed by atoms with Gasteiger partial charge in [-0.25, -0.2) is 4.68 Å². The highest BCUT2D eigenvalue weighted by atomic mass is 35.5. The number of hydrogen-bond donors (Lipinski definition) is 3. The fraction of sp³-hybridized carbons (Fsp3) is 0.0370. The summed E-state index contributed by atoms with van der Waals surface area (Å²) in [4.78, 5) is 26.9. The molecule has 0 atom stereocenters. The second-order valence-corrected chi connectivity index (χ2v) is 18.7. The number of anilines is 1. The molecule has 12 aromatic rings. The lowest BCUT2D eigenvalue weighted by molar-refractivity contribution is -0.133. The number of aliphatic carboxylic acids is 1. The molecule has 0 radical (unpaired) electrons. The Labute approximate surface area is 456 Å². The molecule has 17 nitrogen and oxygen atoms in total. The van der Waals surface area contributed by atoms with Gasteiger partial charge in [0, 0.05) is 21.5 Å². The zero-order chi connectivity index (χ0) is 52.6. The molecular weight excluding hydrogens is 1060 g/mol. The van der Waals surface area contributed by atoms with Crippen LogP contribution in [0, 0.1) is 4.77 Å². The number of rotatable bonds is 11. The highest BCUT2D eigenvalue weighted by Gasteiger charge is 2.16. The number of isothiocyanates is 1. The van der Waals surface area contributed by atoms with Gasteiger partial charge in [0.05, 0.1) is 50.1 Å². The molecule has 0 unspecified atom stereocenters. The number of thioether (sulfide) groups is 2. The third kappa shape index (κ3) is 12.7. The number of hydrogen-bond acceptors (Lipinski definition) is 15. The molecule has 0 bridgehead atoms. The Hall–Kier alpha value is -8.82. The van der Waals surface area contributed by atoms with Gasteiger partial charge in [0.2, 0.25) is 21.0 Å². The van der Waals surface area contributed by atoms with Crippen LogP contribution in [0.3, 0.4) is 0 Å². The Balaban J connectivity index is 0.000000128. The second-order valence-electron chi connectivity index (χ2n) is 15.9. The van der Waals surface area contributed by atoms with Crippen LogP contribution < -0.4 is 5.32 Å². The third-order valence-corrected chi connectivity index (χ3v) is 13.6. The van der Waals surface area contributed by atoms with Crippen molar-refractivity contribution < 1.29 is 14.7 Å². The summed E-state index contributed by atoms with van der Waals surface area (Å²) in [5, 5.41) is 57.8. The Morgan fingerprint density at radius 1 is 0.579 bits per heavy atom. The summed E-state index contributed by atoms with van der Waals surface area (Å²) in [5.74, 6) is -0.996. The smallest absolute Gasteiger partial charge is 0.313 e. The summed E-state index contributed by atoms with van der Waals surface area (Å²) in [7, 11) is 0. The molecule has 22 heteroatoms. The van der Waals surface area contributed by atoms with Gasteiger partial charge in [-0.1, -0.05) is 203 Å². The average molecular weight is 1100 g/mol. The number of para-hydroxylation sites is 1. The van der Waals surface area contributed by atoms with Gasteiger partial charge in [0.25, 0.3) is 0 Å². The fourth-order valence-corrected chi connectivity index (χ4v) is 9.49.